The van der Waals surface area contributed by atoms with Gasteiger partial charge in [0.25, 0.3) is 0 Å². The second-order valence-electron chi connectivity index (χ2n) is 2.14. The second kappa shape index (κ2) is 2.43. The van der Waals surface area contributed by atoms with E-state index in [-0.39, 0.29) is 0 Å². The zero-order valence-electron chi connectivity index (χ0n) is 5.67. The summed E-state index contributed by atoms with van der Waals surface area (Å²) in [5, 5.41) is 0. The predicted molar refractivity (Wildman–Crippen MR) is 45.4 cm³/mol. The molecule has 10 heavy (non-hydrogen) atoms. The Hall–Kier alpha value is -1.44. The van der Waals surface area contributed by atoms with E-state index in [4.69, 9.17) is 11.5 Å². The monoisotopic (exact) mass is 134 g/mol. The van der Waals surface area contributed by atoms with Crippen molar-refractivity contribution in [3.8, 4) is 0 Å². The lowest BCUT2D eigenvalue weighted by Crippen LogP contribution is -1.90. The molecule has 0 heterocycles. The first-order valence-electron chi connectivity index (χ1n) is 3.01. The highest BCUT2D eigenvalue weighted by atomic mass is 14.6. The lowest BCUT2D eigenvalue weighted by molar-refractivity contribution is 1.63. The number of nitrogen functional groups attached to an aromatic ring is 2. The van der Waals surface area contributed by atoms with Crippen LogP contribution in [-0.2, 0) is 0 Å². The highest BCUT2D eigenvalue weighted by Crippen LogP contribution is 2.13. The van der Waals surface area contributed by atoms with Crippen molar-refractivity contribution in [2.24, 2.45) is 0 Å². The minimum Gasteiger partial charge on any atom is -0.399 e. The number of hydrogen-bond acceptors (Lipinski definition) is 2. The van der Waals surface area contributed by atoms with Gasteiger partial charge in [0.15, 0.2) is 0 Å². The van der Waals surface area contributed by atoms with Crippen molar-refractivity contribution in [2.75, 3.05) is 11.5 Å². The molecule has 52 valence electrons. The van der Waals surface area contributed by atoms with Gasteiger partial charge in [-0.25, -0.2) is 0 Å². The van der Waals surface area contributed by atoms with Crippen LogP contribution in [0.5, 0.6) is 0 Å². The highest BCUT2D eigenvalue weighted by Gasteiger charge is 1.90. The van der Waals surface area contributed by atoms with Gasteiger partial charge in [-0.05, 0) is 23.8 Å². The Balaban J connectivity index is 3.18. The third-order valence-electron chi connectivity index (χ3n) is 1.24. The topological polar surface area (TPSA) is 52.0 Å². The molecule has 0 aliphatic carbocycles. The predicted octanol–water partition coefficient (Wildman–Crippen LogP) is 1.49. The Labute approximate surface area is 60.2 Å². The van der Waals surface area contributed by atoms with Gasteiger partial charge in [-0.1, -0.05) is 12.7 Å². The number of benzene rings is 1. The molecule has 1 aromatic carbocycles. The smallest absolute Gasteiger partial charge is 0.0340 e. The summed E-state index contributed by atoms with van der Waals surface area (Å²) < 4.78 is 0. The van der Waals surface area contributed by atoms with Crippen molar-refractivity contribution >= 4 is 17.5 Å². The number of rotatable bonds is 1. The average Bonchev–Trinajstić information content (AvgIpc) is 1.85. The minimum atomic E-state index is 0.676. The van der Waals surface area contributed by atoms with Gasteiger partial charge in [0, 0.05) is 11.4 Å². The summed E-state index contributed by atoms with van der Waals surface area (Å²) in [6.07, 6.45) is 1.72. The Bertz CT molecular complexity index is 233. The normalized spacial score (nSPS) is 9.20. The lowest BCUT2D eigenvalue weighted by Gasteiger charge is -1.98. The maximum Gasteiger partial charge on any atom is 0.0340 e. The van der Waals surface area contributed by atoms with E-state index >= 15 is 0 Å². The number of nitrogens with two attached hydrogens (primary N) is 2. The van der Waals surface area contributed by atoms with Crippen molar-refractivity contribution in [2.45, 2.75) is 0 Å². The summed E-state index contributed by atoms with van der Waals surface area (Å²) in [6.45, 7) is 3.60. The molecule has 4 N–H and O–H groups in total. The largest absolute Gasteiger partial charge is 0.399 e. The van der Waals surface area contributed by atoms with Crippen LogP contribution >= 0.6 is 0 Å². The van der Waals surface area contributed by atoms with E-state index in [9.17, 15) is 0 Å². The quantitative estimate of drug-likeness (QED) is 0.572. The van der Waals surface area contributed by atoms with Crippen LogP contribution in [-0.4, -0.2) is 0 Å². The van der Waals surface area contributed by atoms with Crippen molar-refractivity contribution in [3.05, 3.63) is 30.3 Å². The maximum atomic E-state index is 5.51. The fourth-order valence-electron chi connectivity index (χ4n) is 0.820. The minimum absolute atomic E-state index is 0.676. The van der Waals surface area contributed by atoms with Gasteiger partial charge in [0.2, 0.25) is 0 Å². The molecule has 1 rings (SSSR count). The first-order valence-corrected chi connectivity index (χ1v) is 3.01. The van der Waals surface area contributed by atoms with E-state index in [0.29, 0.717) is 11.4 Å². The zero-order chi connectivity index (χ0) is 7.56. The van der Waals surface area contributed by atoms with E-state index in [0.717, 1.165) is 5.56 Å². The molecule has 0 aliphatic rings. The molecule has 0 amide bonds. The molecule has 0 atom stereocenters. The van der Waals surface area contributed by atoms with Gasteiger partial charge < -0.3 is 11.5 Å². The van der Waals surface area contributed by atoms with Gasteiger partial charge >= 0.3 is 0 Å². The first-order chi connectivity index (χ1) is 4.72. The van der Waals surface area contributed by atoms with Crippen molar-refractivity contribution in [1.29, 1.82) is 0 Å². The molecule has 0 bridgehead atoms. The molecular formula is C8H10N2. The molecule has 1 aromatic rings. The fourth-order valence-corrected chi connectivity index (χ4v) is 0.820. The molecule has 0 aromatic heterocycles. The van der Waals surface area contributed by atoms with Crippen LogP contribution in [0.15, 0.2) is 24.8 Å². The Morgan fingerprint density at radius 1 is 1.10 bits per heavy atom. The summed E-state index contributed by atoms with van der Waals surface area (Å²) in [5.41, 5.74) is 13.3. The van der Waals surface area contributed by atoms with Crippen LogP contribution in [0, 0.1) is 0 Å². The van der Waals surface area contributed by atoms with E-state index in [1.54, 1.807) is 12.1 Å². The maximum absolute atomic E-state index is 5.51. The molecule has 0 saturated carbocycles. The van der Waals surface area contributed by atoms with Gasteiger partial charge in [-0.2, -0.15) is 0 Å². The number of hydrogen-bond donors (Lipinski definition) is 2. The van der Waals surface area contributed by atoms with Crippen molar-refractivity contribution < 1.29 is 0 Å². The van der Waals surface area contributed by atoms with E-state index in [2.05, 4.69) is 6.58 Å². The van der Waals surface area contributed by atoms with Crippen LogP contribution in [0.2, 0.25) is 0 Å². The zero-order valence-corrected chi connectivity index (χ0v) is 5.67. The molecule has 2 heteroatoms. The van der Waals surface area contributed by atoms with E-state index < -0.39 is 0 Å². The second-order valence-corrected chi connectivity index (χ2v) is 2.14. The molecule has 0 unspecified atom stereocenters. The first kappa shape index (κ1) is 6.68. The van der Waals surface area contributed by atoms with Gasteiger partial charge in [0.1, 0.15) is 0 Å². The molecule has 0 radical (unpaired) electrons. The Morgan fingerprint density at radius 2 is 1.60 bits per heavy atom. The van der Waals surface area contributed by atoms with E-state index in [1.165, 1.54) is 0 Å². The summed E-state index contributed by atoms with van der Waals surface area (Å²) in [5.74, 6) is 0. The summed E-state index contributed by atoms with van der Waals surface area (Å²) in [4.78, 5) is 0. The Kier molecular flexibility index (Phi) is 1.63. The summed E-state index contributed by atoms with van der Waals surface area (Å²) in [6, 6.07) is 5.36. The standard InChI is InChI=1S/C8H10N2/c1-2-6-3-7(9)5-8(10)4-6/h2-5H,1,9-10H2. The number of anilines is 2. The van der Waals surface area contributed by atoms with Crippen LogP contribution in [0.1, 0.15) is 5.56 Å². The Morgan fingerprint density at radius 3 is 2.00 bits per heavy atom. The lowest BCUT2D eigenvalue weighted by atomic mass is 10.2. The van der Waals surface area contributed by atoms with Crippen LogP contribution in [0.4, 0.5) is 11.4 Å². The van der Waals surface area contributed by atoms with Crippen molar-refractivity contribution in [3.63, 3.8) is 0 Å². The average molecular weight is 134 g/mol. The van der Waals surface area contributed by atoms with Gasteiger partial charge in [0.05, 0.1) is 0 Å². The fraction of sp³-hybridized carbons (Fsp3) is 0. The van der Waals surface area contributed by atoms with Gasteiger partial charge in [-0.15, -0.1) is 0 Å². The summed E-state index contributed by atoms with van der Waals surface area (Å²) >= 11 is 0. The molecule has 0 fully saturated rings. The van der Waals surface area contributed by atoms with Crippen LogP contribution in [0.25, 0.3) is 6.08 Å². The molecule has 0 aliphatic heterocycles. The molecule has 0 saturated heterocycles. The SMILES string of the molecule is C=Cc1cc(N)cc(N)c1. The third-order valence-corrected chi connectivity index (χ3v) is 1.24. The molecule has 2 nitrogen and oxygen atoms in total. The third kappa shape index (κ3) is 1.29. The highest BCUT2D eigenvalue weighted by molar-refractivity contribution is 5.62. The van der Waals surface area contributed by atoms with Crippen LogP contribution < -0.4 is 11.5 Å². The van der Waals surface area contributed by atoms with E-state index in [1.807, 2.05) is 12.1 Å². The van der Waals surface area contributed by atoms with Crippen molar-refractivity contribution in [1.82, 2.24) is 0 Å². The van der Waals surface area contributed by atoms with Crippen LogP contribution in [0.3, 0.4) is 0 Å². The molecular weight excluding hydrogens is 124 g/mol. The molecule has 0 spiro atoms. The summed E-state index contributed by atoms with van der Waals surface area (Å²) in [7, 11) is 0. The van der Waals surface area contributed by atoms with Gasteiger partial charge in [-0.3, -0.25) is 0 Å².